The number of hydrogen-bond acceptors (Lipinski definition) is 4. The number of aromatic amines is 1. The first-order chi connectivity index (χ1) is 16.4. The van der Waals surface area contributed by atoms with Gasteiger partial charge in [-0.05, 0) is 35.4 Å². The fraction of sp³-hybridized carbons (Fsp3) is 0.0833. The molecule has 10 heteroatoms. The largest absolute Gasteiger partial charge is 0.408 e. The van der Waals surface area contributed by atoms with Crippen molar-refractivity contribution in [3.8, 4) is 22.3 Å². The van der Waals surface area contributed by atoms with Gasteiger partial charge in [0.1, 0.15) is 6.54 Å². The Morgan fingerprint density at radius 2 is 1.82 bits per heavy atom. The lowest BCUT2D eigenvalue weighted by Gasteiger charge is -2.11. The summed E-state index contributed by atoms with van der Waals surface area (Å²) < 4.78 is 38.9. The van der Waals surface area contributed by atoms with Gasteiger partial charge < -0.3 is 5.32 Å². The Bertz CT molecular complexity index is 1460. The molecule has 3 heterocycles. The minimum absolute atomic E-state index is 0.309. The van der Waals surface area contributed by atoms with E-state index in [0.29, 0.717) is 33.3 Å². The molecule has 170 valence electrons. The molecule has 7 nitrogen and oxygen atoms in total. The Hall–Kier alpha value is -4.47. The van der Waals surface area contributed by atoms with E-state index in [-0.39, 0.29) is 5.91 Å². The monoisotopic (exact) mass is 462 g/mol. The van der Waals surface area contributed by atoms with Crippen LogP contribution in [0.3, 0.4) is 0 Å². The molecular formula is C24H17F3N6O. The maximum atomic E-state index is 12.9. The number of aromatic nitrogens is 5. The molecule has 0 aliphatic heterocycles. The number of para-hydroxylation sites is 1. The quantitative estimate of drug-likeness (QED) is 0.371. The van der Waals surface area contributed by atoms with Gasteiger partial charge in [-0.3, -0.25) is 19.6 Å². The Morgan fingerprint density at radius 3 is 2.56 bits per heavy atom. The number of nitrogens with one attached hydrogen (secondary N) is 2. The molecule has 5 aromatic rings. The first-order valence-electron chi connectivity index (χ1n) is 10.3. The van der Waals surface area contributed by atoms with Gasteiger partial charge >= 0.3 is 6.18 Å². The number of amides is 1. The smallest absolute Gasteiger partial charge is 0.320 e. The van der Waals surface area contributed by atoms with Crippen LogP contribution in [0.5, 0.6) is 0 Å². The average Bonchev–Trinajstić information content (AvgIpc) is 3.50. The predicted molar refractivity (Wildman–Crippen MR) is 121 cm³/mol. The third kappa shape index (κ3) is 4.38. The Labute approximate surface area is 191 Å². The number of fused-ring (bicyclic) bond motifs is 1. The van der Waals surface area contributed by atoms with E-state index >= 15 is 0 Å². The van der Waals surface area contributed by atoms with Crippen LogP contribution in [0.25, 0.3) is 33.2 Å². The highest BCUT2D eigenvalue weighted by Gasteiger charge is 2.28. The minimum Gasteiger partial charge on any atom is -0.320 e. The van der Waals surface area contributed by atoms with Gasteiger partial charge in [-0.2, -0.15) is 23.4 Å². The van der Waals surface area contributed by atoms with E-state index in [1.807, 2.05) is 12.1 Å². The summed E-state index contributed by atoms with van der Waals surface area (Å²) in [6.07, 6.45) is 3.37. The molecule has 0 aliphatic rings. The van der Waals surface area contributed by atoms with Crippen molar-refractivity contribution in [3.05, 3.63) is 85.1 Å². The van der Waals surface area contributed by atoms with Crippen LogP contribution in [-0.2, 0) is 6.54 Å². The zero-order valence-corrected chi connectivity index (χ0v) is 17.5. The summed E-state index contributed by atoms with van der Waals surface area (Å²) in [4.78, 5) is 17.3. The van der Waals surface area contributed by atoms with Crippen LogP contribution in [0.2, 0.25) is 0 Å². The number of rotatable bonds is 5. The van der Waals surface area contributed by atoms with Crippen LogP contribution in [0.4, 0.5) is 18.9 Å². The molecular weight excluding hydrogens is 445 g/mol. The predicted octanol–water partition coefficient (Wildman–Crippen LogP) is 5.30. The molecule has 0 saturated carbocycles. The van der Waals surface area contributed by atoms with Gasteiger partial charge in [0, 0.05) is 40.7 Å². The van der Waals surface area contributed by atoms with Crippen molar-refractivity contribution >= 4 is 22.5 Å². The molecule has 2 N–H and O–H groups in total. The molecule has 0 radical (unpaired) electrons. The standard InChI is InChI=1S/C24H17F3N6O/c25-24(26,27)14-33-13-18(12-31-33)19-8-9-28-22-20(19)2-1-3-21(22)32-23(34)16-6-4-15(5-7-16)17-10-29-30-11-17/h1-13H,14H2,(H,29,30)(H,32,34). The van der Waals surface area contributed by atoms with Gasteiger partial charge in [0.25, 0.3) is 5.91 Å². The fourth-order valence-corrected chi connectivity index (χ4v) is 3.72. The number of H-pyrrole nitrogens is 1. The molecule has 0 fully saturated rings. The SMILES string of the molecule is O=C(Nc1cccc2c(-c3cnn(CC(F)(F)F)c3)ccnc12)c1ccc(-c2cn[nH]c2)cc1. The summed E-state index contributed by atoms with van der Waals surface area (Å²) in [7, 11) is 0. The van der Waals surface area contributed by atoms with Crippen LogP contribution in [-0.4, -0.2) is 37.0 Å². The van der Waals surface area contributed by atoms with Crippen molar-refractivity contribution in [2.75, 3.05) is 5.32 Å². The summed E-state index contributed by atoms with van der Waals surface area (Å²) in [5, 5.41) is 14.1. The molecule has 3 aromatic heterocycles. The summed E-state index contributed by atoms with van der Waals surface area (Å²) in [5.74, 6) is -0.309. The van der Waals surface area contributed by atoms with Gasteiger partial charge in [-0.1, -0.05) is 24.3 Å². The number of alkyl halides is 3. The van der Waals surface area contributed by atoms with Gasteiger partial charge in [0.2, 0.25) is 0 Å². The van der Waals surface area contributed by atoms with E-state index < -0.39 is 12.7 Å². The first-order valence-corrected chi connectivity index (χ1v) is 10.3. The van der Waals surface area contributed by atoms with Gasteiger partial charge in [0.15, 0.2) is 0 Å². The van der Waals surface area contributed by atoms with Crippen LogP contribution >= 0.6 is 0 Å². The molecule has 0 aliphatic carbocycles. The van der Waals surface area contributed by atoms with Gasteiger partial charge in [-0.15, -0.1) is 0 Å². The second-order valence-corrected chi connectivity index (χ2v) is 7.62. The number of carbonyl (C=O) groups is 1. The summed E-state index contributed by atoms with van der Waals surface area (Å²) >= 11 is 0. The van der Waals surface area contributed by atoms with Crippen molar-refractivity contribution in [1.82, 2.24) is 25.0 Å². The number of hydrogen-bond donors (Lipinski definition) is 2. The lowest BCUT2D eigenvalue weighted by atomic mass is 10.0. The number of pyridine rings is 1. The molecule has 0 atom stereocenters. The number of nitrogens with zero attached hydrogens (tertiary/aromatic N) is 4. The summed E-state index contributed by atoms with van der Waals surface area (Å²) in [6, 6.07) is 14.1. The highest BCUT2D eigenvalue weighted by atomic mass is 19.4. The minimum atomic E-state index is -4.36. The molecule has 5 rings (SSSR count). The lowest BCUT2D eigenvalue weighted by Crippen LogP contribution is -2.17. The number of halogens is 3. The van der Waals surface area contributed by atoms with Crippen molar-refractivity contribution < 1.29 is 18.0 Å². The molecule has 0 bridgehead atoms. The van der Waals surface area contributed by atoms with Gasteiger partial charge in [0.05, 0.1) is 23.6 Å². The average molecular weight is 462 g/mol. The zero-order chi connectivity index (χ0) is 23.7. The van der Waals surface area contributed by atoms with Crippen LogP contribution in [0.15, 0.2) is 79.5 Å². The number of benzene rings is 2. The second kappa shape index (κ2) is 8.47. The Kier molecular flexibility index (Phi) is 5.33. The van der Waals surface area contributed by atoms with Crippen LogP contribution in [0.1, 0.15) is 10.4 Å². The first kappa shape index (κ1) is 21.4. The molecule has 34 heavy (non-hydrogen) atoms. The van der Waals surface area contributed by atoms with E-state index in [1.165, 1.54) is 12.4 Å². The third-order valence-corrected chi connectivity index (χ3v) is 5.28. The van der Waals surface area contributed by atoms with Crippen molar-refractivity contribution in [1.29, 1.82) is 0 Å². The Balaban J connectivity index is 1.42. The lowest BCUT2D eigenvalue weighted by molar-refractivity contribution is -0.142. The van der Waals surface area contributed by atoms with E-state index in [1.54, 1.807) is 55.0 Å². The summed E-state index contributed by atoms with van der Waals surface area (Å²) in [5.41, 5.74) is 4.50. The maximum absolute atomic E-state index is 12.9. The maximum Gasteiger partial charge on any atom is 0.408 e. The third-order valence-electron chi connectivity index (χ3n) is 5.28. The van der Waals surface area contributed by atoms with Crippen LogP contribution in [0, 0.1) is 0 Å². The topological polar surface area (TPSA) is 88.5 Å². The molecule has 0 saturated heterocycles. The van der Waals surface area contributed by atoms with Crippen molar-refractivity contribution in [3.63, 3.8) is 0 Å². The molecule has 2 aromatic carbocycles. The number of anilines is 1. The van der Waals surface area contributed by atoms with E-state index in [0.717, 1.165) is 15.8 Å². The van der Waals surface area contributed by atoms with Crippen LogP contribution < -0.4 is 5.32 Å². The van der Waals surface area contributed by atoms with Crippen molar-refractivity contribution in [2.24, 2.45) is 0 Å². The highest BCUT2D eigenvalue weighted by Crippen LogP contribution is 2.31. The van der Waals surface area contributed by atoms with E-state index in [9.17, 15) is 18.0 Å². The Morgan fingerprint density at radius 1 is 1.00 bits per heavy atom. The van der Waals surface area contributed by atoms with Crippen molar-refractivity contribution in [2.45, 2.75) is 12.7 Å². The summed E-state index contributed by atoms with van der Waals surface area (Å²) in [6.45, 7) is -1.17. The molecule has 0 spiro atoms. The normalized spacial score (nSPS) is 11.6. The van der Waals surface area contributed by atoms with Gasteiger partial charge in [-0.25, -0.2) is 0 Å². The zero-order valence-electron chi connectivity index (χ0n) is 17.5. The van der Waals surface area contributed by atoms with E-state index in [4.69, 9.17) is 0 Å². The fourth-order valence-electron chi connectivity index (χ4n) is 3.72. The number of carbonyl (C=O) groups excluding carboxylic acids is 1. The molecule has 0 unspecified atom stereocenters. The van der Waals surface area contributed by atoms with E-state index in [2.05, 4.69) is 25.6 Å². The molecule has 1 amide bonds. The second-order valence-electron chi connectivity index (χ2n) is 7.62. The highest BCUT2D eigenvalue weighted by molar-refractivity contribution is 6.10.